The number of thioether (sulfide) groups is 1. The number of aliphatic hydroxyl groups is 1. The topological polar surface area (TPSA) is 104 Å². The average molecular weight is 447 g/mol. The van der Waals surface area contributed by atoms with Gasteiger partial charge in [-0.15, -0.1) is 0 Å². The number of halogens is 5. The lowest BCUT2D eigenvalue weighted by atomic mass is 10.2. The van der Waals surface area contributed by atoms with E-state index in [0.717, 1.165) is 17.8 Å². The normalized spacial score (nSPS) is 12.9. The fourth-order valence-electron chi connectivity index (χ4n) is 2.40. The first-order chi connectivity index (χ1) is 14.1. The summed E-state index contributed by atoms with van der Waals surface area (Å²) in [6, 6.07) is 3.04. The van der Waals surface area contributed by atoms with E-state index >= 15 is 0 Å². The Kier molecular flexibility index (Phi) is 6.22. The summed E-state index contributed by atoms with van der Waals surface area (Å²) in [7, 11) is 0. The fourth-order valence-corrected chi connectivity index (χ4v) is 3.21. The van der Waals surface area contributed by atoms with Crippen LogP contribution in [0, 0.1) is 11.6 Å². The molecule has 0 spiro atoms. The zero-order chi connectivity index (χ0) is 22.1. The number of fused-ring (bicyclic) bond motifs is 1. The van der Waals surface area contributed by atoms with Crippen molar-refractivity contribution in [3.05, 3.63) is 51.4 Å². The minimum Gasteiger partial charge on any atom is -0.394 e. The number of benzene rings is 1. The summed E-state index contributed by atoms with van der Waals surface area (Å²) in [5.74, 6) is -2.31. The van der Waals surface area contributed by atoms with Gasteiger partial charge in [-0.2, -0.15) is 13.2 Å². The van der Waals surface area contributed by atoms with Crippen LogP contribution in [0.2, 0.25) is 0 Å². The Morgan fingerprint density at radius 2 is 1.97 bits per heavy atom. The van der Waals surface area contributed by atoms with Gasteiger partial charge in [0, 0.05) is 17.4 Å². The van der Waals surface area contributed by atoms with Crippen molar-refractivity contribution in [2.24, 2.45) is 0 Å². The maximum absolute atomic E-state index is 13.8. The Morgan fingerprint density at radius 3 is 2.63 bits per heavy atom. The first kappa shape index (κ1) is 21.9. The van der Waals surface area contributed by atoms with Gasteiger partial charge in [-0.25, -0.2) is 23.7 Å². The largest absolute Gasteiger partial charge is 0.438 e. The molecule has 0 saturated carbocycles. The molecule has 2 aromatic heterocycles. The highest BCUT2D eigenvalue weighted by molar-refractivity contribution is 7.98. The Balaban J connectivity index is 2.05. The van der Waals surface area contributed by atoms with Crippen LogP contribution in [0.25, 0.3) is 11.2 Å². The molecule has 7 nitrogen and oxygen atoms in total. The van der Waals surface area contributed by atoms with E-state index in [4.69, 9.17) is 0 Å². The minimum absolute atomic E-state index is 0.0287. The number of hydrogen-bond donors (Lipinski definition) is 3. The maximum atomic E-state index is 13.8. The lowest BCUT2D eigenvalue weighted by Gasteiger charge is -2.15. The molecule has 30 heavy (non-hydrogen) atoms. The van der Waals surface area contributed by atoms with Crippen LogP contribution in [0.3, 0.4) is 0 Å². The standard InChI is InChI=1S/C17H14F5N5O2S/c1-7(5-28)23-13-11-14(25-15(29)12(24-11)17(20,21)22)27-16(26-13)30-6-8-3-2-4-9(18)10(8)19/h2-4,7,28H,5-6H2,1H3,(H2,23,25,26,27,29)/t7-/m1/s1. The van der Waals surface area contributed by atoms with E-state index in [1.165, 1.54) is 12.1 Å². The lowest BCUT2D eigenvalue weighted by Crippen LogP contribution is -2.26. The van der Waals surface area contributed by atoms with Crippen molar-refractivity contribution >= 4 is 28.7 Å². The Morgan fingerprint density at radius 1 is 1.23 bits per heavy atom. The summed E-state index contributed by atoms with van der Waals surface area (Å²) >= 11 is 0.872. The molecule has 1 aromatic carbocycles. The molecule has 0 unspecified atom stereocenters. The van der Waals surface area contributed by atoms with Crippen molar-refractivity contribution in [3.8, 4) is 0 Å². The lowest BCUT2D eigenvalue weighted by molar-refractivity contribution is -0.142. The van der Waals surface area contributed by atoms with E-state index < -0.39 is 35.1 Å². The third-order valence-corrected chi connectivity index (χ3v) is 4.74. The summed E-state index contributed by atoms with van der Waals surface area (Å²) < 4.78 is 66.3. The Hall–Kier alpha value is -2.80. The third kappa shape index (κ3) is 4.67. The van der Waals surface area contributed by atoms with Gasteiger partial charge in [-0.05, 0) is 13.0 Å². The quantitative estimate of drug-likeness (QED) is 0.303. The maximum Gasteiger partial charge on any atom is 0.438 e. The van der Waals surface area contributed by atoms with E-state index in [9.17, 15) is 31.9 Å². The second-order valence-corrected chi connectivity index (χ2v) is 7.14. The van der Waals surface area contributed by atoms with Crippen LogP contribution in [0.1, 0.15) is 18.2 Å². The summed E-state index contributed by atoms with van der Waals surface area (Å²) in [5, 5.41) is 11.9. The molecule has 3 aromatic rings. The molecular weight excluding hydrogens is 433 g/mol. The molecule has 13 heteroatoms. The number of aliphatic hydroxyl groups excluding tert-OH is 1. The second-order valence-electron chi connectivity index (χ2n) is 6.19. The first-order valence-corrected chi connectivity index (χ1v) is 9.41. The van der Waals surface area contributed by atoms with E-state index in [-0.39, 0.29) is 40.1 Å². The predicted octanol–water partition coefficient (Wildman–Crippen LogP) is 3.10. The van der Waals surface area contributed by atoms with Crippen molar-refractivity contribution in [2.75, 3.05) is 11.9 Å². The summed E-state index contributed by atoms with van der Waals surface area (Å²) in [4.78, 5) is 25.2. The SMILES string of the molecule is C[C@H](CO)Nc1nc(SCc2cccc(F)c2F)nc2[nH]c(=O)c(C(F)(F)F)nc12. The predicted molar refractivity (Wildman–Crippen MR) is 99.0 cm³/mol. The summed E-state index contributed by atoms with van der Waals surface area (Å²) in [5.41, 5.74) is -3.76. The van der Waals surface area contributed by atoms with Gasteiger partial charge in [-0.3, -0.25) is 4.79 Å². The zero-order valence-corrected chi connectivity index (χ0v) is 16.0. The minimum atomic E-state index is -5.00. The van der Waals surface area contributed by atoms with E-state index in [1.807, 2.05) is 4.98 Å². The molecular formula is C17H14F5N5O2S. The molecule has 0 aliphatic carbocycles. The van der Waals surface area contributed by atoms with Gasteiger partial charge < -0.3 is 15.4 Å². The smallest absolute Gasteiger partial charge is 0.394 e. The van der Waals surface area contributed by atoms with Crippen LogP contribution < -0.4 is 10.9 Å². The molecule has 0 aliphatic rings. The molecule has 3 rings (SSSR count). The van der Waals surface area contributed by atoms with Gasteiger partial charge in [0.25, 0.3) is 5.56 Å². The highest BCUT2D eigenvalue weighted by Crippen LogP contribution is 2.29. The highest BCUT2D eigenvalue weighted by Gasteiger charge is 2.37. The molecule has 160 valence electrons. The van der Waals surface area contributed by atoms with Crippen molar-refractivity contribution in [3.63, 3.8) is 0 Å². The third-order valence-electron chi connectivity index (χ3n) is 3.85. The first-order valence-electron chi connectivity index (χ1n) is 8.42. The summed E-state index contributed by atoms with van der Waals surface area (Å²) in [6.07, 6.45) is -5.00. The number of aromatic nitrogens is 4. The van der Waals surface area contributed by atoms with Crippen LogP contribution in [-0.2, 0) is 11.9 Å². The monoisotopic (exact) mass is 447 g/mol. The van der Waals surface area contributed by atoms with Crippen LogP contribution >= 0.6 is 11.8 Å². The number of aromatic amines is 1. The number of nitrogens with zero attached hydrogens (tertiary/aromatic N) is 3. The number of nitrogens with one attached hydrogen (secondary N) is 2. The number of anilines is 1. The van der Waals surface area contributed by atoms with Gasteiger partial charge in [0.2, 0.25) is 5.69 Å². The molecule has 1 atom stereocenters. The molecule has 0 saturated heterocycles. The zero-order valence-electron chi connectivity index (χ0n) is 15.2. The Bertz CT molecular complexity index is 1140. The molecule has 0 amide bonds. The van der Waals surface area contributed by atoms with Crippen molar-refractivity contribution in [2.45, 2.75) is 30.1 Å². The van der Waals surface area contributed by atoms with Gasteiger partial charge in [0.05, 0.1) is 6.61 Å². The van der Waals surface area contributed by atoms with E-state index in [0.29, 0.717) is 0 Å². The second kappa shape index (κ2) is 8.52. The highest BCUT2D eigenvalue weighted by atomic mass is 32.2. The molecule has 0 aliphatic heterocycles. The molecule has 3 N–H and O–H groups in total. The molecule has 2 heterocycles. The van der Waals surface area contributed by atoms with E-state index in [1.54, 1.807) is 6.92 Å². The van der Waals surface area contributed by atoms with Gasteiger partial charge in [0.15, 0.2) is 28.3 Å². The molecule has 0 bridgehead atoms. The van der Waals surface area contributed by atoms with Crippen LogP contribution in [-0.4, -0.2) is 37.7 Å². The van der Waals surface area contributed by atoms with Crippen molar-refractivity contribution < 1.29 is 27.1 Å². The fraction of sp³-hybridized carbons (Fsp3) is 0.294. The number of hydrogen-bond acceptors (Lipinski definition) is 7. The Labute approximate surface area is 169 Å². The van der Waals surface area contributed by atoms with Gasteiger partial charge >= 0.3 is 6.18 Å². The van der Waals surface area contributed by atoms with Gasteiger partial charge in [-0.1, -0.05) is 23.9 Å². The summed E-state index contributed by atoms with van der Waals surface area (Å²) in [6.45, 7) is 1.18. The molecule has 0 radical (unpaired) electrons. The van der Waals surface area contributed by atoms with E-state index in [2.05, 4.69) is 20.3 Å². The van der Waals surface area contributed by atoms with Gasteiger partial charge in [0.1, 0.15) is 5.52 Å². The van der Waals surface area contributed by atoms with Crippen LogP contribution in [0.5, 0.6) is 0 Å². The number of alkyl halides is 3. The number of H-pyrrole nitrogens is 1. The number of rotatable bonds is 6. The van der Waals surface area contributed by atoms with Crippen LogP contribution in [0.15, 0.2) is 28.2 Å². The van der Waals surface area contributed by atoms with Crippen LogP contribution in [0.4, 0.5) is 27.8 Å². The molecule has 0 fully saturated rings. The average Bonchev–Trinajstić information content (AvgIpc) is 2.67. The van der Waals surface area contributed by atoms with Crippen molar-refractivity contribution in [1.29, 1.82) is 0 Å². The van der Waals surface area contributed by atoms with Crippen molar-refractivity contribution in [1.82, 2.24) is 19.9 Å².